The highest BCUT2D eigenvalue weighted by atomic mass is 16.1. The van der Waals surface area contributed by atoms with E-state index in [1.165, 1.54) is 29.2 Å². The first-order chi connectivity index (χ1) is 8.28. The van der Waals surface area contributed by atoms with Crippen molar-refractivity contribution < 1.29 is 4.79 Å². The van der Waals surface area contributed by atoms with E-state index in [1.807, 2.05) is 6.92 Å². The Morgan fingerprint density at radius 2 is 1.82 bits per heavy atom. The Labute approximate surface area is 101 Å². The molecule has 1 saturated carbocycles. The molecule has 0 bridgehead atoms. The van der Waals surface area contributed by atoms with E-state index in [-0.39, 0.29) is 5.92 Å². The van der Waals surface area contributed by atoms with Gasteiger partial charge in [-0.3, -0.25) is 0 Å². The van der Waals surface area contributed by atoms with Gasteiger partial charge in [-0.25, -0.2) is 0 Å². The Morgan fingerprint density at radius 1 is 1.12 bits per heavy atom. The zero-order chi connectivity index (χ0) is 11.8. The van der Waals surface area contributed by atoms with Crippen molar-refractivity contribution in [1.82, 2.24) is 0 Å². The smallest absolute Gasteiger partial charge is 0.127 e. The van der Waals surface area contributed by atoms with E-state index in [0.29, 0.717) is 0 Å². The van der Waals surface area contributed by atoms with E-state index < -0.39 is 0 Å². The maximum absolute atomic E-state index is 10.8. The highest BCUT2D eigenvalue weighted by Gasteiger charge is 2.23. The summed E-state index contributed by atoms with van der Waals surface area (Å²) in [4.78, 5) is 10.8. The summed E-state index contributed by atoms with van der Waals surface area (Å²) in [6.07, 6.45) is 3.68. The molecular formula is C16H16O. The molecule has 1 aliphatic rings. The van der Waals surface area contributed by atoms with Gasteiger partial charge < -0.3 is 4.79 Å². The number of fused-ring (bicyclic) bond motifs is 1. The van der Waals surface area contributed by atoms with Gasteiger partial charge in [-0.2, -0.15) is 0 Å². The average Bonchev–Trinajstić information content (AvgIpc) is 3.21. The third-order valence-corrected chi connectivity index (χ3v) is 3.67. The zero-order valence-corrected chi connectivity index (χ0v) is 10.0. The van der Waals surface area contributed by atoms with Crippen LogP contribution in [0.5, 0.6) is 0 Å². The van der Waals surface area contributed by atoms with E-state index >= 15 is 0 Å². The van der Waals surface area contributed by atoms with Crippen molar-refractivity contribution in [3.05, 3.63) is 47.5 Å². The molecule has 1 unspecified atom stereocenters. The van der Waals surface area contributed by atoms with Crippen LogP contribution >= 0.6 is 0 Å². The topological polar surface area (TPSA) is 17.1 Å². The average molecular weight is 224 g/mol. The van der Waals surface area contributed by atoms with Crippen molar-refractivity contribution in [1.29, 1.82) is 0 Å². The molecule has 17 heavy (non-hydrogen) atoms. The number of hydrogen-bond donors (Lipinski definition) is 0. The molecule has 3 rings (SSSR count). The highest BCUT2D eigenvalue weighted by molar-refractivity contribution is 5.85. The van der Waals surface area contributed by atoms with Gasteiger partial charge in [0.05, 0.1) is 0 Å². The number of carbonyl (C=O) groups is 1. The van der Waals surface area contributed by atoms with Gasteiger partial charge in [-0.1, -0.05) is 43.3 Å². The molecule has 0 aromatic heterocycles. The number of hydrogen-bond acceptors (Lipinski definition) is 1. The fourth-order valence-corrected chi connectivity index (χ4v) is 2.32. The minimum atomic E-state index is -0.0116. The van der Waals surface area contributed by atoms with E-state index in [4.69, 9.17) is 0 Å². The molecule has 0 spiro atoms. The van der Waals surface area contributed by atoms with E-state index in [1.54, 1.807) is 0 Å². The SMILES string of the molecule is CC(C=O)c1ccc2cc(C3CC3)ccc2c1. The number of aldehydes is 1. The first-order valence-corrected chi connectivity index (χ1v) is 6.27. The van der Waals surface area contributed by atoms with Crippen LogP contribution in [-0.2, 0) is 4.79 Å². The molecule has 1 fully saturated rings. The van der Waals surface area contributed by atoms with Gasteiger partial charge in [0.15, 0.2) is 0 Å². The van der Waals surface area contributed by atoms with E-state index in [2.05, 4.69) is 36.4 Å². The minimum absolute atomic E-state index is 0.0116. The van der Waals surface area contributed by atoms with Gasteiger partial charge in [0, 0.05) is 5.92 Å². The summed E-state index contributed by atoms with van der Waals surface area (Å²) in [6, 6.07) is 13.0. The monoisotopic (exact) mass is 224 g/mol. The Bertz CT molecular complexity index is 567. The largest absolute Gasteiger partial charge is 0.303 e. The van der Waals surface area contributed by atoms with Crippen molar-refractivity contribution in [2.75, 3.05) is 0 Å². The summed E-state index contributed by atoms with van der Waals surface area (Å²) >= 11 is 0. The number of rotatable bonds is 3. The molecule has 0 N–H and O–H groups in total. The number of benzene rings is 2. The third kappa shape index (κ3) is 1.97. The first kappa shape index (κ1) is 10.5. The lowest BCUT2D eigenvalue weighted by Gasteiger charge is -2.07. The molecule has 1 aliphatic carbocycles. The van der Waals surface area contributed by atoms with E-state index in [9.17, 15) is 4.79 Å². The van der Waals surface area contributed by atoms with Crippen LogP contribution in [0.3, 0.4) is 0 Å². The van der Waals surface area contributed by atoms with Crippen LogP contribution in [0.15, 0.2) is 36.4 Å². The maximum Gasteiger partial charge on any atom is 0.127 e. The summed E-state index contributed by atoms with van der Waals surface area (Å²) in [5.41, 5.74) is 2.57. The molecule has 2 aromatic carbocycles. The number of carbonyl (C=O) groups excluding carboxylic acids is 1. The van der Waals surface area contributed by atoms with Crippen molar-refractivity contribution >= 4 is 17.1 Å². The van der Waals surface area contributed by atoms with Crippen LogP contribution < -0.4 is 0 Å². The molecule has 0 radical (unpaired) electrons. The van der Waals surface area contributed by atoms with Crippen LogP contribution in [0, 0.1) is 0 Å². The summed E-state index contributed by atoms with van der Waals surface area (Å²) in [5.74, 6) is 0.787. The molecular weight excluding hydrogens is 208 g/mol. The Morgan fingerprint density at radius 3 is 2.53 bits per heavy atom. The molecule has 0 heterocycles. The summed E-state index contributed by atoms with van der Waals surface area (Å²) < 4.78 is 0. The molecule has 1 atom stereocenters. The Balaban J connectivity index is 2.05. The van der Waals surface area contributed by atoms with Crippen molar-refractivity contribution in [2.24, 2.45) is 0 Å². The van der Waals surface area contributed by atoms with Crippen LogP contribution in [0.2, 0.25) is 0 Å². The third-order valence-electron chi connectivity index (χ3n) is 3.67. The summed E-state index contributed by atoms with van der Waals surface area (Å²) in [7, 11) is 0. The normalized spacial score (nSPS) is 17.0. The van der Waals surface area contributed by atoms with Crippen molar-refractivity contribution in [2.45, 2.75) is 31.6 Å². The van der Waals surface area contributed by atoms with Gasteiger partial charge in [-0.15, -0.1) is 0 Å². The zero-order valence-electron chi connectivity index (χ0n) is 10.0. The summed E-state index contributed by atoms with van der Waals surface area (Å²) in [5, 5.41) is 2.52. The van der Waals surface area contributed by atoms with Crippen molar-refractivity contribution in [3.63, 3.8) is 0 Å². The van der Waals surface area contributed by atoms with Gasteiger partial charge >= 0.3 is 0 Å². The second-order valence-corrected chi connectivity index (χ2v) is 5.07. The Kier molecular flexibility index (Phi) is 2.47. The van der Waals surface area contributed by atoms with Crippen LogP contribution in [-0.4, -0.2) is 6.29 Å². The first-order valence-electron chi connectivity index (χ1n) is 6.27. The molecule has 86 valence electrons. The predicted molar refractivity (Wildman–Crippen MR) is 70.4 cm³/mol. The van der Waals surface area contributed by atoms with Crippen molar-refractivity contribution in [3.8, 4) is 0 Å². The fraction of sp³-hybridized carbons (Fsp3) is 0.312. The highest BCUT2D eigenvalue weighted by Crippen LogP contribution is 2.40. The van der Waals surface area contributed by atoms with Gasteiger partial charge in [0.1, 0.15) is 6.29 Å². The lowest BCUT2D eigenvalue weighted by Crippen LogP contribution is -1.93. The predicted octanol–water partition coefficient (Wildman–Crippen LogP) is 4.02. The lowest BCUT2D eigenvalue weighted by molar-refractivity contribution is -0.108. The van der Waals surface area contributed by atoms with Crippen LogP contribution in [0.1, 0.15) is 42.7 Å². The molecule has 1 heteroatoms. The second kappa shape index (κ2) is 3.99. The fourth-order valence-electron chi connectivity index (χ4n) is 2.32. The van der Waals surface area contributed by atoms with Crippen LogP contribution in [0.25, 0.3) is 10.8 Å². The molecule has 0 saturated heterocycles. The van der Waals surface area contributed by atoms with E-state index in [0.717, 1.165) is 17.8 Å². The van der Waals surface area contributed by atoms with Crippen LogP contribution in [0.4, 0.5) is 0 Å². The second-order valence-electron chi connectivity index (χ2n) is 5.07. The maximum atomic E-state index is 10.8. The lowest BCUT2D eigenvalue weighted by atomic mass is 9.97. The van der Waals surface area contributed by atoms with Gasteiger partial charge in [0.2, 0.25) is 0 Å². The van der Waals surface area contributed by atoms with Gasteiger partial charge in [-0.05, 0) is 40.7 Å². The molecule has 0 aliphatic heterocycles. The minimum Gasteiger partial charge on any atom is -0.303 e. The van der Waals surface area contributed by atoms with Gasteiger partial charge in [0.25, 0.3) is 0 Å². The molecule has 2 aromatic rings. The standard InChI is InChI=1S/C16H16O/c1-11(10-17)13-4-5-16-9-14(12-2-3-12)6-7-15(16)8-13/h4-12H,2-3H2,1H3. The molecule has 1 nitrogen and oxygen atoms in total. The Hall–Kier alpha value is -1.63. The molecule has 0 amide bonds. The quantitative estimate of drug-likeness (QED) is 0.720. The summed E-state index contributed by atoms with van der Waals surface area (Å²) in [6.45, 7) is 1.94.